The van der Waals surface area contributed by atoms with Gasteiger partial charge in [0.05, 0.1) is 11.4 Å². The highest BCUT2D eigenvalue weighted by Gasteiger charge is 2.16. The molecule has 0 unspecified atom stereocenters. The van der Waals surface area contributed by atoms with Gasteiger partial charge in [0, 0.05) is 15.9 Å². The first-order valence-corrected chi connectivity index (χ1v) is 11.6. The maximum atomic E-state index is 12.3. The van der Waals surface area contributed by atoms with E-state index >= 15 is 0 Å². The second-order valence-corrected chi connectivity index (χ2v) is 8.95. The summed E-state index contributed by atoms with van der Waals surface area (Å²) in [5.74, 6) is 1.37. The third kappa shape index (κ3) is 4.95. The van der Waals surface area contributed by atoms with Crippen molar-refractivity contribution in [2.24, 2.45) is 0 Å². The van der Waals surface area contributed by atoms with Crippen molar-refractivity contribution in [2.45, 2.75) is 17.5 Å². The number of amides is 1. The fraction of sp³-hybridized carbons (Fsp3) is 0.0952. The van der Waals surface area contributed by atoms with Crippen molar-refractivity contribution in [1.82, 2.24) is 20.1 Å². The molecule has 0 saturated heterocycles. The van der Waals surface area contributed by atoms with Crippen LogP contribution in [0.5, 0.6) is 0 Å². The van der Waals surface area contributed by atoms with Gasteiger partial charge in [0.15, 0.2) is 11.0 Å². The quantitative estimate of drug-likeness (QED) is 0.361. The molecule has 0 aliphatic rings. The van der Waals surface area contributed by atoms with Crippen molar-refractivity contribution in [3.05, 3.63) is 92.8 Å². The predicted octanol–water partition coefficient (Wildman–Crippen LogP) is 5.31. The predicted molar refractivity (Wildman–Crippen MR) is 121 cm³/mol. The van der Waals surface area contributed by atoms with Crippen molar-refractivity contribution in [3.63, 3.8) is 0 Å². The molecule has 8 heteroatoms. The number of hydrogen-bond donors (Lipinski definition) is 1. The van der Waals surface area contributed by atoms with E-state index in [0.717, 1.165) is 21.1 Å². The molecule has 1 amide bonds. The van der Waals surface area contributed by atoms with Gasteiger partial charge in [-0.05, 0) is 41.3 Å². The molecule has 0 fully saturated rings. The average molecular weight is 485 g/mol. The zero-order valence-electron chi connectivity index (χ0n) is 15.3. The zero-order chi connectivity index (χ0) is 20.1. The number of para-hydroxylation sites is 1. The molecule has 146 valence electrons. The number of carbonyl (C=O) groups is 1. The Morgan fingerprint density at radius 3 is 2.55 bits per heavy atom. The summed E-state index contributed by atoms with van der Waals surface area (Å²) in [6.07, 6.45) is 0. The molecule has 29 heavy (non-hydrogen) atoms. The second-order valence-electron chi connectivity index (χ2n) is 6.14. The third-order valence-corrected chi connectivity index (χ3v) is 6.55. The van der Waals surface area contributed by atoms with E-state index in [9.17, 15) is 4.79 Å². The molecule has 4 rings (SSSR count). The van der Waals surface area contributed by atoms with Crippen LogP contribution in [0.2, 0.25) is 0 Å². The lowest BCUT2D eigenvalue weighted by Gasteiger charge is -2.11. The molecule has 0 radical (unpaired) electrons. The summed E-state index contributed by atoms with van der Waals surface area (Å²) < 4.78 is 3.06. The third-order valence-electron chi connectivity index (χ3n) is 4.15. The molecule has 1 N–H and O–H groups in total. The van der Waals surface area contributed by atoms with Gasteiger partial charge in [-0.3, -0.25) is 9.36 Å². The lowest BCUT2D eigenvalue weighted by atomic mass is 10.2. The van der Waals surface area contributed by atoms with Crippen LogP contribution in [0, 0.1) is 0 Å². The van der Waals surface area contributed by atoms with Crippen LogP contribution in [-0.2, 0) is 12.3 Å². The van der Waals surface area contributed by atoms with E-state index in [4.69, 9.17) is 0 Å². The van der Waals surface area contributed by atoms with Crippen LogP contribution in [0.4, 0.5) is 0 Å². The van der Waals surface area contributed by atoms with Gasteiger partial charge in [0.2, 0.25) is 0 Å². The molecule has 5 nitrogen and oxygen atoms in total. The van der Waals surface area contributed by atoms with Crippen LogP contribution < -0.4 is 5.32 Å². The van der Waals surface area contributed by atoms with Crippen molar-refractivity contribution in [3.8, 4) is 5.69 Å². The maximum absolute atomic E-state index is 12.3. The Kier molecular flexibility index (Phi) is 6.43. The van der Waals surface area contributed by atoms with Crippen molar-refractivity contribution in [2.75, 3.05) is 0 Å². The van der Waals surface area contributed by atoms with E-state index in [-0.39, 0.29) is 5.91 Å². The Morgan fingerprint density at radius 1 is 1.03 bits per heavy atom. The monoisotopic (exact) mass is 484 g/mol. The summed E-state index contributed by atoms with van der Waals surface area (Å²) in [6, 6.07) is 21.9. The highest BCUT2D eigenvalue weighted by Crippen LogP contribution is 2.26. The van der Waals surface area contributed by atoms with E-state index in [0.29, 0.717) is 17.2 Å². The Labute approximate surface area is 185 Å². The Balaban J connectivity index is 1.55. The molecule has 2 aromatic heterocycles. The number of rotatable bonds is 7. The fourth-order valence-electron chi connectivity index (χ4n) is 2.73. The number of thiophene rings is 1. The standard InChI is InChI=1S/C21H17BrN4OS2/c22-16-10-8-15(9-11-16)14-29-21-25-24-19(26(21)17-5-2-1-3-6-17)13-23-20(27)18-7-4-12-28-18/h1-12H,13-14H2,(H,23,27). The van der Waals surface area contributed by atoms with E-state index in [1.807, 2.05) is 58.5 Å². The Morgan fingerprint density at radius 2 is 1.83 bits per heavy atom. The molecule has 0 aliphatic carbocycles. The summed E-state index contributed by atoms with van der Waals surface area (Å²) in [4.78, 5) is 13.0. The number of aromatic nitrogens is 3. The number of nitrogens with zero attached hydrogens (tertiary/aromatic N) is 3. The van der Waals surface area contributed by atoms with Gasteiger partial charge >= 0.3 is 0 Å². The summed E-state index contributed by atoms with van der Waals surface area (Å²) >= 11 is 6.50. The molecule has 0 saturated carbocycles. The smallest absolute Gasteiger partial charge is 0.261 e. The Bertz CT molecular complexity index is 1080. The minimum atomic E-state index is -0.105. The highest BCUT2D eigenvalue weighted by molar-refractivity contribution is 9.10. The summed E-state index contributed by atoms with van der Waals surface area (Å²) in [5, 5.41) is 14.3. The average Bonchev–Trinajstić information content (AvgIpc) is 3.42. The first-order chi connectivity index (χ1) is 14.2. The zero-order valence-corrected chi connectivity index (χ0v) is 18.5. The van der Waals surface area contributed by atoms with Crippen molar-refractivity contribution < 1.29 is 4.79 Å². The number of nitrogens with one attached hydrogen (secondary N) is 1. The Hall–Kier alpha value is -2.42. The van der Waals surface area contributed by atoms with Crippen LogP contribution in [0.15, 0.2) is 81.7 Å². The largest absolute Gasteiger partial charge is 0.344 e. The maximum Gasteiger partial charge on any atom is 0.261 e. The molecule has 2 heterocycles. The highest BCUT2D eigenvalue weighted by atomic mass is 79.9. The van der Waals surface area contributed by atoms with Gasteiger partial charge in [-0.15, -0.1) is 21.5 Å². The number of benzene rings is 2. The minimum Gasteiger partial charge on any atom is -0.344 e. The molecule has 0 spiro atoms. The molecule has 2 aromatic carbocycles. The lowest BCUT2D eigenvalue weighted by molar-refractivity contribution is 0.0953. The first-order valence-electron chi connectivity index (χ1n) is 8.89. The molecule has 0 aliphatic heterocycles. The van der Waals surface area contributed by atoms with Crippen molar-refractivity contribution in [1.29, 1.82) is 0 Å². The van der Waals surface area contributed by atoms with Crippen LogP contribution in [0.3, 0.4) is 0 Å². The summed E-state index contributed by atoms with van der Waals surface area (Å²) in [6.45, 7) is 0.303. The molecule has 4 aromatic rings. The van der Waals surface area contributed by atoms with E-state index in [2.05, 4.69) is 43.6 Å². The number of carbonyl (C=O) groups excluding carboxylic acids is 1. The van der Waals surface area contributed by atoms with E-state index < -0.39 is 0 Å². The topological polar surface area (TPSA) is 59.8 Å². The van der Waals surface area contributed by atoms with E-state index in [1.165, 1.54) is 16.9 Å². The fourth-order valence-corrected chi connectivity index (χ4v) is 4.56. The first kappa shape index (κ1) is 19.9. The van der Waals surface area contributed by atoms with Gasteiger partial charge in [-0.25, -0.2) is 0 Å². The number of hydrogen-bond acceptors (Lipinski definition) is 5. The summed E-state index contributed by atoms with van der Waals surface area (Å²) in [7, 11) is 0. The van der Waals surface area contributed by atoms with Crippen LogP contribution >= 0.6 is 39.0 Å². The SMILES string of the molecule is O=C(NCc1nnc(SCc2ccc(Br)cc2)n1-c1ccccc1)c1cccs1. The van der Waals surface area contributed by atoms with Gasteiger partial charge in [0.1, 0.15) is 0 Å². The lowest BCUT2D eigenvalue weighted by Crippen LogP contribution is -2.23. The molecule has 0 atom stereocenters. The molecular weight excluding hydrogens is 468 g/mol. The second kappa shape index (κ2) is 9.39. The number of halogens is 1. The normalized spacial score (nSPS) is 10.8. The summed E-state index contributed by atoms with van der Waals surface area (Å²) in [5.41, 5.74) is 2.17. The van der Waals surface area contributed by atoms with Gasteiger partial charge < -0.3 is 5.32 Å². The van der Waals surface area contributed by atoms with Gasteiger partial charge in [-0.2, -0.15) is 0 Å². The van der Waals surface area contributed by atoms with Crippen LogP contribution in [0.25, 0.3) is 5.69 Å². The van der Waals surface area contributed by atoms with Crippen LogP contribution in [-0.4, -0.2) is 20.7 Å². The van der Waals surface area contributed by atoms with E-state index in [1.54, 1.807) is 17.8 Å². The van der Waals surface area contributed by atoms with Crippen molar-refractivity contribution >= 4 is 44.9 Å². The van der Waals surface area contributed by atoms with Gasteiger partial charge in [-0.1, -0.05) is 64.1 Å². The number of thioether (sulfide) groups is 1. The van der Waals surface area contributed by atoms with Crippen LogP contribution in [0.1, 0.15) is 21.1 Å². The van der Waals surface area contributed by atoms with Gasteiger partial charge in [0.25, 0.3) is 5.91 Å². The minimum absolute atomic E-state index is 0.105. The molecule has 0 bridgehead atoms. The molecular formula is C21H17BrN4OS2.